The number of likely N-dealkylation sites (tertiary alicyclic amines) is 2. The number of amides is 1. The molecule has 1 amide bonds. The molecular weight excluding hydrogens is 426 g/mol. The highest BCUT2D eigenvalue weighted by atomic mass is 35.5. The highest BCUT2D eigenvalue weighted by Gasteiger charge is 2.38. The number of carboxylic acid groups (broad SMARTS) is 1. The smallest absolute Gasteiger partial charge is 0.407 e. The number of halogens is 1. The third-order valence-corrected chi connectivity index (χ3v) is 7.67. The van der Waals surface area contributed by atoms with Crippen molar-refractivity contribution in [3.8, 4) is 11.3 Å². The molecule has 3 aromatic rings. The molecular formula is C24H28ClN5O2. The molecule has 1 aromatic carbocycles. The SMILES string of the molecule is O=C(O)N1CCC2(CCN(CCc3ccc(-c4cc5c(Cl)ncnc5[nH]4)cc3)CC2)CC1. The highest BCUT2D eigenvalue weighted by Crippen LogP contribution is 2.41. The maximum Gasteiger partial charge on any atom is 0.407 e. The van der Waals surface area contributed by atoms with Gasteiger partial charge in [-0.2, -0.15) is 0 Å². The number of rotatable bonds is 4. The number of hydrogen-bond acceptors (Lipinski definition) is 4. The van der Waals surface area contributed by atoms with Crippen molar-refractivity contribution in [1.29, 1.82) is 0 Å². The van der Waals surface area contributed by atoms with Crippen molar-refractivity contribution < 1.29 is 9.90 Å². The fourth-order valence-corrected chi connectivity index (χ4v) is 5.31. The number of carbonyl (C=O) groups is 1. The molecule has 2 fully saturated rings. The van der Waals surface area contributed by atoms with E-state index in [1.165, 1.54) is 24.7 Å². The quantitative estimate of drug-likeness (QED) is 0.560. The van der Waals surface area contributed by atoms with E-state index in [0.29, 0.717) is 23.7 Å². The summed E-state index contributed by atoms with van der Waals surface area (Å²) >= 11 is 6.16. The van der Waals surface area contributed by atoms with Crippen molar-refractivity contribution in [3.05, 3.63) is 47.4 Å². The van der Waals surface area contributed by atoms with Gasteiger partial charge in [-0.25, -0.2) is 14.8 Å². The van der Waals surface area contributed by atoms with E-state index in [-0.39, 0.29) is 0 Å². The van der Waals surface area contributed by atoms with Crippen molar-refractivity contribution >= 4 is 28.7 Å². The molecule has 0 saturated carbocycles. The van der Waals surface area contributed by atoms with Gasteiger partial charge in [0.1, 0.15) is 17.1 Å². The van der Waals surface area contributed by atoms with E-state index < -0.39 is 6.09 Å². The zero-order valence-electron chi connectivity index (χ0n) is 18.1. The molecule has 5 rings (SSSR count). The molecule has 0 atom stereocenters. The third kappa shape index (κ3) is 4.32. The molecule has 0 aliphatic carbocycles. The van der Waals surface area contributed by atoms with E-state index >= 15 is 0 Å². The maximum atomic E-state index is 11.2. The van der Waals surface area contributed by atoms with Gasteiger partial charge in [0.2, 0.25) is 0 Å². The molecule has 2 aliphatic rings. The Labute approximate surface area is 192 Å². The lowest BCUT2D eigenvalue weighted by Gasteiger charge is -2.46. The summed E-state index contributed by atoms with van der Waals surface area (Å²) in [6.07, 6.45) is 6.12. The van der Waals surface area contributed by atoms with Crippen molar-refractivity contribution in [1.82, 2.24) is 24.8 Å². The predicted molar refractivity (Wildman–Crippen MR) is 125 cm³/mol. The monoisotopic (exact) mass is 453 g/mol. The Hall–Kier alpha value is -2.64. The van der Waals surface area contributed by atoms with Gasteiger partial charge in [0.05, 0.1) is 5.39 Å². The van der Waals surface area contributed by atoms with E-state index in [1.54, 1.807) is 4.90 Å². The van der Waals surface area contributed by atoms with Crippen LogP contribution in [0.4, 0.5) is 4.79 Å². The summed E-state index contributed by atoms with van der Waals surface area (Å²) in [5.74, 6) is 0. The second kappa shape index (κ2) is 8.71. The van der Waals surface area contributed by atoms with Gasteiger partial charge >= 0.3 is 6.09 Å². The normalized spacial score (nSPS) is 19.0. The summed E-state index contributed by atoms with van der Waals surface area (Å²) in [5.41, 5.74) is 4.54. The summed E-state index contributed by atoms with van der Waals surface area (Å²) in [7, 11) is 0. The predicted octanol–water partition coefficient (Wildman–Crippen LogP) is 4.68. The van der Waals surface area contributed by atoms with Crippen LogP contribution in [-0.2, 0) is 6.42 Å². The molecule has 2 N–H and O–H groups in total. The number of hydrogen-bond donors (Lipinski definition) is 2. The fourth-order valence-electron chi connectivity index (χ4n) is 5.13. The van der Waals surface area contributed by atoms with Crippen LogP contribution in [0.1, 0.15) is 31.2 Å². The van der Waals surface area contributed by atoms with Crippen LogP contribution in [-0.4, -0.2) is 68.7 Å². The second-order valence-corrected chi connectivity index (χ2v) is 9.53. The molecule has 0 bridgehead atoms. The second-order valence-electron chi connectivity index (χ2n) is 9.17. The van der Waals surface area contributed by atoms with Crippen LogP contribution in [0.5, 0.6) is 0 Å². The lowest BCUT2D eigenvalue weighted by molar-refractivity contribution is 0.0368. The third-order valence-electron chi connectivity index (χ3n) is 7.37. The molecule has 2 aromatic heterocycles. The number of aromatic nitrogens is 3. The van der Waals surface area contributed by atoms with Crippen LogP contribution in [0, 0.1) is 5.41 Å². The molecule has 0 unspecified atom stereocenters. The lowest BCUT2D eigenvalue weighted by atomic mass is 9.71. The molecule has 1 spiro atoms. The Balaban J connectivity index is 1.14. The number of H-pyrrole nitrogens is 1. The van der Waals surface area contributed by atoms with E-state index in [9.17, 15) is 9.90 Å². The van der Waals surface area contributed by atoms with Crippen LogP contribution in [0.3, 0.4) is 0 Å². The largest absolute Gasteiger partial charge is 0.465 e. The number of nitrogens with zero attached hydrogens (tertiary/aromatic N) is 4. The molecule has 2 saturated heterocycles. The average molecular weight is 454 g/mol. The Morgan fingerprint density at radius 1 is 1.06 bits per heavy atom. The van der Waals surface area contributed by atoms with Crippen molar-refractivity contribution in [2.75, 3.05) is 32.7 Å². The van der Waals surface area contributed by atoms with Crippen LogP contribution < -0.4 is 0 Å². The summed E-state index contributed by atoms with van der Waals surface area (Å²) in [5, 5.41) is 10.5. The molecule has 168 valence electrons. The zero-order valence-corrected chi connectivity index (χ0v) is 18.8. The van der Waals surface area contributed by atoms with E-state index in [0.717, 1.165) is 61.2 Å². The summed E-state index contributed by atoms with van der Waals surface area (Å²) in [6.45, 7) is 4.67. The number of aromatic amines is 1. The van der Waals surface area contributed by atoms with Gasteiger partial charge in [-0.1, -0.05) is 35.9 Å². The topological polar surface area (TPSA) is 85.3 Å². The van der Waals surface area contributed by atoms with Crippen molar-refractivity contribution in [2.24, 2.45) is 5.41 Å². The molecule has 7 nitrogen and oxygen atoms in total. The van der Waals surface area contributed by atoms with Crippen molar-refractivity contribution in [3.63, 3.8) is 0 Å². The van der Waals surface area contributed by atoms with Crippen LogP contribution in [0.2, 0.25) is 5.15 Å². The maximum absolute atomic E-state index is 11.2. The molecule has 8 heteroatoms. The Bertz CT molecular complexity index is 1100. The number of fused-ring (bicyclic) bond motifs is 1. The Morgan fingerprint density at radius 2 is 1.75 bits per heavy atom. The van der Waals surface area contributed by atoms with Crippen molar-refractivity contribution in [2.45, 2.75) is 32.1 Å². The fraction of sp³-hybridized carbons (Fsp3) is 0.458. The summed E-state index contributed by atoms with van der Waals surface area (Å²) in [6, 6.07) is 10.7. The number of nitrogens with one attached hydrogen (secondary N) is 1. The minimum Gasteiger partial charge on any atom is -0.465 e. The summed E-state index contributed by atoms with van der Waals surface area (Å²) in [4.78, 5) is 26.9. The molecule has 4 heterocycles. The first-order valence-electron chi connectivity index (χ1n) is 11.3. The number of piperidine rings is 2. The van der Waals surface area contributed by atoms with Gasteiger partial charge in [0.25, 0.3) is 0 Å². The standard InChI is InChI=1S/C24H28ClN5O2/c25-21-19-15-20(28-22(19)27-16-26-21)18-3-1-17(2-4-18)5-10-29-11-6-24(7-12-29)8-13-30(14-9-24)23(31)32/h1-4,15-16H,5-14H2,(H,31,32)(H,26,27,28). The first-order chi connectivity index (χ1) is 15.5. The minimum absolute atomic E-state index is 0.358. The van der Waals surface area contributed by atoms with Crippen LogP contribution in [0.15, 0.2) is 36.7 Å². The van der Waals surface area contributed by atoms with E-state index in [1.807, 2.05) is 6.07 Å². The van der Waals surface area contributed by atoms with Gasteiger partial charge in [-0.05, 0) is 67.8 Å². The zero-order chi connectivity index (χ0) is 22.1. The lowest BCUT2D eigenvalue weighted by Crippen LogP contribution is -2.48. The molecule has 2 aliphatic heterocycles. The van der Waals surface area contributed by atoms with Gasteiger partial charge in [-0.3, -0.25) is 0 Å². The van der Waals surface area contributed by atoms with Crippen LogP contribution in [0.25, 0.3) is 22.3 Å². The first kappa shape index (κ1) is 21.2. The van der Waals surface area contributed by atoms with Gasteiger partial charge in [0, 0.05) is 25.3 Å². The van der Waals surface area contributed by atoms with Gasteiger partial charge in [0.15, 0.2) is 0 Å². The molecule has 0 radical (unpaired) electrons. The average Bonchev–Trinajstić information content (AvgIpc) is 3.25. The highest BCUT2D eigenvalue weighted by molar-refractivity contribution is 6.34. The summed E-state index contributed by atoms with van der Waals surface area (Å²) < 4.78 is 0. The van der Waals surface area contributed by atoms with E-state index in [4.69, 9.17) is 11.6 Å². The number of benzene rings is 1. The van der Waals surface area contributed by atoms with Gasteiger partial charge < -0.3 is 19.9 Å². The minimum atomic E-state index is -0.773. The van der Waals surface area contributed by atoms with Gasteiger partial charge in [-0.15, -0.1) is 0 Å². The Kier molecular flexibility index (Phi) is 5.78. The van der Waals surface area contributed by atoms with E-state index in [2.05, 4.69) is 44.1 Å². The van der Waals surface area contributed by atoms with Crippen LogP contribution >= 0.6 is 11.6 Å². The molecule has 32 heavy (non-hydrogen) atoms. The first-order valence-corrected chi connectivity index (χ1v) is 11.7. The Morgan fingerprint density at radius 3 is 2.41 bits per heavy atom.